The van der Waals surface area contributed by atoms with E-state index in [1.54, 1.807) is 12.1 Å². The van der Waals surface area contributed by atoms with Crippen molar-refractivity contribution in [3.63, 3.8) is 0 Å². The van der Waals surface area contributed by atoms with Gasteiger partial charge in [-0.25, -0.2) is 0 Å². The first-order chi connectivity index (χ1) is 10.7. The van der Waals surface area contributed by atoms with E-state index < -0.39 is 0 Å². The van der Waals surface area contributed by atoms with Crippen molar-refractivity contribution in [2.75, 3.05) is 12.5 Å². The molecule has 0 aliphatic carbocycles. The van der Waals surface area contributed by atoms with Gasteiger partial charge in [0.1, 0.15) is 0 Å². The van der Waals surface area contributed by atoms with Gasteiger partial charge >= 0.3 is 57.4 Å². The average molecular weight is 334 g/mol. The molecule has 0 fully saturated rings. The van der Waals surface area contributed by atoms with Crippen molar-refractivity contribution in [1.29, 1.82) is 0 Å². The molecule has 3 rings (SSSR count). The van der Waals surface area contributed by atoms with Crippen LogP contribution in [-0.4, -0.2) is 17.8 Å². The number of hydrogen-bond acceptors (Lipinski definition) is 4. The van der Waals surface area contributed by atoms with Crippen LogP contribution in [0.5, 0.6) is 5.88 Å². The molecule has 0 spiro atoms. The van der Waals surface area contributed by atoms with Gasteiger partial charge in [-0.1, -0.05) is 42.5 Å². The summed E-state index contributed by atoms with van der Waals surface area (Å²) in [5.41, 5.74) is 4.42. The maximum Gasteiger partial charge on any atom is 1.00 e. The van der Waals surface area contributed by atoms with Crippen LogP contribution in [0.2, 0.25) is 0 Å². The van der Waals surface area contributed by atoms with Crippen molar-refractivity contribution >= 4 is 22.4 Å². The number of aromatic nitrogens is 1. The first kappa shape index (κ1) is 18.0. The average Bonchev–Trinajstić information content (AvgIpc) is 2.82. The summed E-state index contributed by atoms with van der Waals surface area (Å²) in [6.07, 6.45) is 0.0269. The monoisotopic (exact) mass is 334 g/mol. The summed E-state index contributed by atoms with van der Waals surface area (Å²) in [6.45, 7) is 0. The van der Waals surface area contributed by atoms with Crippen molar-refractivity contribution in [2.45, 2.75) is 6.42 Å². The summed E-state index contributed by atoms with van der Waals surface area (Å²) >= 11 is 0. The van der Waals surface area contributed by atoms with Crippen LogP contribution in [-0.2, 0) is 16.0 Å². The van der Waals surface area contributed by atoms with E-state index in [9.17, 15) is 9.90 Å². The maximum atomic E-state index is 12.6. The SMILES string of the molecule is COC(=O)Cc1c2ccccc2c([O-])n1Nc1ccccc1.[K+]. The van der Waals surface area contributed by atoms with Crippen LogP contribution in [0.3, 0.4) is 0 Å². The molecule has 0 aliphatic rings. The molecule has 1 N–H and O–H groups in total. The molecule has 0 atom stereocenters. The molecule has 1 aromatic heterocycles. The Hall–Kier alpha value is -1.31. The number of para-hydroxylation sites is 1. The standard InChI is InChI=1S/C17H16N2O3.K/c1-22-16(20)11-15-13-9-5-6-10-14(13)17(21)19(15)18-12-7-3-2-4-8-12;/h2-10,18,21H,11H2,1H3;/q;+1/p-1. The van der Waals surface area contributed by atoms with E-state index in [1.165, 1.54) is 11.8 Å². The normalized spacial score (nSPS) is 10.1. The number of rotatable bonds is 4. The van der Waals surface area contributed by atoms with Crippen molar-refractivity contribution in [3.8, 4) is 5.88 Å². The number of methoxy groups -OCH3 is 1. The molecule has 0 aliphatic heterocycles. The number of nitrogens with zero attached hydrogens (tertiary/aromatic N) is 1. The summed E-state index contributed by atoms with van der Waals surface area (Å²) in [4.78, 5) is 11.7. The molecule has 0 saturated carbocycles. The second-order valence-electron chi connectivity index (χ2n) is 4.86. The third kappa shape index (κ3) is 3.78. The third-order valence-electron chi connectivity index (χ3n) is 3.50. The van der Waals surface area contributed by atoms with Crippen LogP contribution in [0.1, 0.15) is 5.69 Å². The predicted octanol–water partition coefficient (Wildman–Crippen LogP) is -0.690. The van der Waals surface area contributed by atoms with Gasteiger partial charge in [0.25, 0.3) is 0 Å². The number of nitrogens with one attached hydrogen (secondary N) is 1. The molecule has 112 valence electrons. The van der Waals surface area contributed by atoms with Gasteiger partial charge < -0.3 is 9.84 Å². The number of hydrogen-bond donors (Lipinski definition) is 1. The fraction of sp³-hybridized carbons (Fsp3) is 0.118. The fourth-order valence-corrected chi connectivity index (χ4v) is 2.43. The van der Waals surface area contributed by atoms with Crippen molar-refractivity contribution in [3.05, 3.63) is 60.3 Å². The van der Waals surface area contributed by atoms with E-state index in [0.717, 1.165) is 11.1 Å². The van der Waals surface area contributed by atoms with Gasteiger partial charge in [-0.3, -0.25) is 14.9 Å². The van der Waals surface area contributed by atoms with E-state index in [1.807, 2.05) is 42.5 Å². The Labute approximate surface area is 176 Å². The van der Waals surface area contributed by atoms with Gasteiger partial charge in [-0.05, 0) is 23.4 Å². The van der Waals surface area contributed by atoms with E-state index in [-0.39, 0.29) is 69.7 Å². The summed E-state index contributed by atoms with van der Waals surface area (Å²) in [5, 5.41) is 13.9. The molecule has 0 unspecified atom stereocenters. The van der Waals surface area contributed by atoms with E-state index in [4.69, 9.17) is 4.74 Å². The van der Waals surface area contributed by atoms with Crippen LogP contribution in [0, 0.1) is 0 Å². The minimum atomic E-state index is -0.389. The minimum Gasteiger partial charge on any atom is -0.858 e. The summed E-state index contributed by atoms with van der Waals surface area (Å²) < 4.78 is 6.15. The second-order valence-corrected chi connectivity index (χ2v) is 4.86. The van der Waals surface area contributed by atoms with Crippen molar-refractivity contribution in [1.82, 2.24) is 4.68 Å². The smallest absolute Gasteiger partial charge is 0.858 e. The quantitative estimate of drug-likeness (QED) is 0.507. The molecule has 0 amide bonds. The zero-order chi connectivity index (χ0) is 15.5. The Morgan fingerprint density at radius 2 is 1.70 bits per heavy atom. The number of benzene rings is 2. The molecule has 0 radical (unpaired) electrons. The van der Waals surface area contributed by atoms with Crippen molar-refractivity contribution in [2.24, 2.45) is 0 Å². The van der Waals surface area contributed by atoms with E-state index >= 15 is 0 Å². The summed E-state index contributed by atoms with van der Waals surface area (Å²) in [5.74, 6) is -0.572. The maximum absolute atomic E-state index is 12.6. The summed E-state index contributed by atoms with van der Waals surface area (Å²) in [7, 11) is 1.33. The van der Waals surface area contributed by atoms with Gasteiger partial charge in [-0.15, -0.1) is 0 Å². The van der Waals surface area contributed by atoms with Crippen LogP contribution in [0.15, 0.2) is 54.6 Å². The van der Waals surface area contributed by atoms with Gasteiger partial charge in [0, 0.05) is 5.39 Å². The third-order valence-corrected chi connectivity index (χ3v) is 3.50. The molecule has 3 aromatic rings. The number of ether oxygens (including phenoxy) is 1. The summed E-state index contributed by atoms with van der Waals surface area (Å²) in [6, 6.07) is 16.6. The van der Waals surface area contributed by atoms with Gasteiger partial charge in [0.2, 0.25) is 0 Å². The Balaban J connectivity index is 0.00000192. The molecule has 1 heterocycles. The fourth-order valence-electron chi connectivity index (χ4n) is 2.43. The van der Waals surface area contributed by atoms with Gasteiger partial charge in [0.05, 0.1) is 24.9 Å². The number of anilines is 1. The van der Waals surface area contributed by atoms with Crippen LogP contribution < -0.4 is 61.9 Å². The number of fused-ring (bicyclic) bond motifs is 1. The van der Waals surface area contributed by atoms with Gasteiger partial charge in [0.15, 0.2) is 0 Å². The van der Waals surface area contributed by atoms with Crippen LogP contribution in [0.4, 0.5) is 5.69 Å². The molecule has 0 bridgehead atoms. The molecule has 6 heteroatoms. The first-order valence-electron chi connectivity index (χ1n) is 6.89. The van der Waals surface area contributed by atoms with E-state index in [0.29, 0.717) is 11.1 Å². The number of esters is 1. The molecule has 2 aromatic carbocycles. The Morgan fingerprint density at radius 3 is 2.35 bits per heavy atom. The second kappa shape index (κ2) is 7.98. The van der Waals surface area contributed by atoms with Crippen LogP contribution >= 0.6 is 0 Å². The zero-order valence-electron chi connectivity index (χ0n) is 13.1. The number of carbonyl (C=O) groups is 1. The molecular formula is C17H15KN2O3. The zero-order valence-corrected chi connectivity index (χ0v) is 16.2. The Morgan fingerprint density at radius 1 is 1.09 bits per heavy atom. The molecule has 0 saturated heterocycles. The molecule has 23 heavy (non-hydrogen) atoms. The largest absolute Gasteiger partial charge is 1.00 e. The minimum absolute atomic E-state index is 0. The molecule has 5 nitrogen and oxygen atoms in total. The number of carbonyl (C=O) groups excluding carboxylic acids is 1. The van der Waals surface area contributed by atoms with Crippen molar-refractivity contribution < 1.29 is 66.0 Å². The predicted molar refractivity (Wildman–Crippen MR) is 82.6 cm³/mol. The van der Waals surface area contributed by atoms with Gasteiger partial charge in [-0.2, -0.15) is 0 Å². The Bertz CT molecular complexity index is 815. The van der Waals surface area contributed by atoms with Crippen LogP contribution in [0.25, 0.3) is 10.8 Å². The van der Waals surface area contributed by atoms with E-state index in [2.05, 4.69) is 5.43 Å². The Kier molecular flexibility index (Phi) is 6.26. The topological polar surface area (TPSA) is 66.3 Å². The first-order valence-corrected chi connectivity index (χ1v) is 6.89. The molecular weight excluding hydrogens is 319 g/mol.